The van der Waals surface area contributed by atoms with Crippen molar-refractivity contribution in [1.29, 1.82) is 0 Å². The average Bonchev–Trinajstić information content (AvgIpc) is 3.11. The van der Waals surface area contributed by atoms with E-state index in [1.165, 1.54) is 36.4 Å². The lowest BCUT2D eigenvalue weighted by atomic mass is 10.0. The summed E-state index contributed by atoms with van der Waals surface area (Å²) in [7, 11) is 0. The number of nitro benzene ring substituents is 1. The second kappa shape index (κ2) is 9.07. The Morgan fingerprint density at radius 3 is 2.29 bits per heavy atom. The van der Waals surface area contributed by atoms with E-state index in [0.717, 1.165) is 11.0 Å². The van der Waals surface area contributed by atoms with Crippen LogP contribution < -0.4 is 4.90 Å². The third kappa shape index (κ3) is 4.06. The van der Waals surface area contributed by atoms with Gasteiger partial charge in [-0.2, -0.15) is 0 Å². The van der Waals surface area contributed by atoms with Crippen molar-refractivity contribution in [3.8, 4) is 0 Å². The molecule has 34 heavy (non-hydrogen) atoms. The minimum Gasteiger partial charge on any atom is -0.450 e. The number of ether oxygens (including phenoxy) is 1. The molecule has 3 aromatic carbocycles. The zero-order valence-electron chi connectivity index (χ0n) is 18.0. The maximum atomic E-state index is 13.0. The van der Waals surface area contributed by atoms with Crippen molar-refractivity contribution in [3.05, 3.63) is 105 Å². The van der Waals surface area contributed by atoms with Crippen molar-refractivity contribution in [2.75, 3.05) is 4.90 Å². The summed E-state index contributed by atoms with van der Waals surface area (Å²) in [4.78, 5) is 62.5. The number of benzene rings is 3. The SMILES string of the molecule is CC[C@@H](OC(=O)c1ccc2c(c1)C(=O)N(c1cccc([N+](=O)[O-])c1)C2=O)C(=O)c1ccccc1. The topological polar surface area (TPSA) is 124 Å². The fourth-order valence-electron chi connectivity index (χ4n) is 3.66. The number of non-ortho nitro benzene ring substituents is 1. The normalized spacial score (nSPS) is 13.4. The van der Waals surface area contributed by atoms with E-state index in [9.17, 15) is 29.3 Å². The van der Waals surface area contributed by atoms with E-state index in [0.29, 0.717) is 5.56 Å². The number of esters is 1. The van der Waals surface area contributed by atoms with E-state index in [-0.39, 0.29) is 40.3 Å². The third-order valence-electron chi connectivity index (χ3n) is 5.39. The first kappa shape index (κ1) is 22.5. The van der Waals surface area contributed by atoms with Crippen LogP contribution in [-0.2, 0) is 4.74 Å². The molecule has 0 aliphatic carbocycles. The Bertz CT molecular complexity index is 1330. The van der Waals surface area contributed by atoms with Crippen LogP contribution in [0.3, 0.4) is 0 Å². The molecule has 0 saturated heterocycles. The molecule has 9 nitrogen and oxygen atoms in total. The second-order valence-electron chi connectivity index (χ2n) is 7.52. The van der Waals surface area contributed by atoms with Gasteiger partial charge in [0.25, 0.3) is 17.5 Å². The monoisotopic (exact) mass is 458 g/mol. The largest absolute Gasteiger partial charge is 0.450 e. The molecule has 1 heterocycles. The molecule has 0 aromatic heterocycles. The van der Waals surface area contributed by atoms with Crippen LogP contribution in [0.1, 0.15) is 54.8 Å². The molecule has 0 fully saturated rings. The number of hydrogen-bond donors (Lipinski definition) is 0. The number of imide groups is 1. The number of hydrogen-bond acceptors (Lipinski definition) is 7. The van der Waals surface area contributed by atoms with Gasteiger partial charge in [-0.15, -0.1) is 0 Å². The number of fused-ring (bicyclic) bond motifs is 1. The van der Waals surface area contributed by atoms with Crippen LogP contribution in [0.2, 0.25) is 0 Å². The quantitative estimate of drug-likeness (QED) is 0.171. The lowest BCUT2D eigenvalue weighted by molar-refractivity contribution is -0.384. The molecule has 4 rings (SSSR count). The summed E-state index contributed by atoms with van der Waals surface area (Å²) in [6.45, 7) is 1.71. The van der Waals surface area contributed by atoms with Crippen molar-refractivity contribution in [3.63, 3.8) is 0 Å². The molecule has 0 saturated carbocycles. The lowest BCUT2D eigenvalue weighted by Gasteiger charge is -2.15. The number of Topliss-reactive ketones (excluding diaryl/α,β-unsaturated/α-hetero) is 1. The summed E-state index contributed by atoms with van der Waals surface area (Å²) in [6.07, 6.45) is -0.760. The van der Waals surface area contributed by atoms with Gasteiger partial charge in [0.2, 0.25) is 5.78 Å². The molecular weight excluding hydrogens is 440 g/mol. The predicted molar refractivity (Wildman–Crippen MR) is 121 cm³/mol. The fourth-order valence-corrected chi connectivity index (χ4v) is 3.66. The molecular formula is C25H18N2O7. The van der Waals surface area contributed by atoms with Crippen molar-refractivity contribution in [2.45, 2.75) is 19.4 Å². The smallest absolute Gasteiger partial charge is 0.338 e. The zero-order chi connectivity index (χ0) is 24.4. The Balaban J connectivity index is 1.58. The van der Waals surface area contributed by atoms with E-state index in [4.69, 9.17) is 4.74 Å². The highest BCUT2D eigenvalue weighted by molar-refractivity contribution is 6.34. The van der Waals surface area contributed by atoms with Crippen molar-refractivity contribution in [1.82, 2.24) is 0 Å². The highest BCUT2D eigenvalue weighted by Crippen LogP contribution is 2.31. The van der Waals surface area contributed by atoms with E-state index in [1.807, 2.05) is 0 Å². The van der Waals surface area contributed by atoms with Gasteiger partial charge in [-0.25, -0.2) is 9.69 Å². The summed E-state index contributed by atoms with van der Waals surface area (Å²) in [5, 5.41) is 11.1. The Morgan fingerprint density at radius 1 is 0.912 bits per heavy atom. The van der Waals surface area contributed by atoms with Crippen LogP contribution >= 0.6 is 0 Å². The first-order chi connectivity index (χ1) is 16.3. The first-order valence-corrected chi connectivity index (χ1v) is 10.4. The Hall–Kier alpha value is -4.66. The third-order valence-corrected chi connectivity index (χ3v) is 5.39. The molecule has 1 atom stereocenters. The van der Waals surface area contributed by atoms with Crippen LogP contribution in [0.4, 0.5) is 11.4 Å². The number of amides is 2. The summed E-state index contributed by atoms with van der Waals surface area (Å²) < 4.78 is 5.40. The highest BCUT2D eigenvalue weighted by Gasteiger charge is 2.38. The number of carbonyl (C=O) groups excluding carboxylic acids is 4. The van der Waals surface area contributed by atoms with Gasteiger partial charge in [-0.3, -0.25) is 24.5 Å². The van der Waals surface area contributed by atoms with Gasteiger partial charge in [0.05, 0.1) is 27.3 Å². The summed E-state index contributed by atoms with van der Waals surface area (Å²) in [5.41, 5.74) is 0.203. The number of nitrogens with zero attached hydrogens (tertiary/aromatic N) is 2. The molecule has 9 heteroatoms. The molecule has 2 amide bonds. The average molecular weight is 458 g/mol. The molecule has 3 aromatic rings. The Morgan fingerprint density at radius 2 is 1.62 bits per heavy atom. The minimum atomic E-state index is -1.01. The minimum absolute atomic E-state index is 0.0000962. The van der Waals surface area contributed by atoms with Crippen LogP contribution in [-0.4, -0.2) is 34.6 Å². The molecule has 1 aliphatic heterocycles. The number of rotatable bonds is 7. The maximum absolute atomic E-state index is 13.0. The predicted octanol–water partition coefficient (Wildman–Crippen LogP) is 4.21. The summed E-state index contributed by atoms with van der Waals surface area (Å²) in [6, 6.07) is 17.5. The molecule has 170 valence electrons. The fraction of sp³-hybridized carbons (Fsp3) is 0.120. The highest BCUT2D eigenvalue weighted by atomic mass is 16.6. The molecule has 0 N–H and O–H groups in total. The number of carbonyl (C=O) groups is 4. The van der Waals surface area contributed by atoms with Gasteiger partial charge < -0.3 is 4.74 Å². The number of ketones is 1. The van der Waals surface area contributed by atoms with Gasteiger partial charge in [0, 0.05) is 17.7 Å². The van der Waals surface area contributed by atoms with Crippen LogP contribution in [0, 0.1) is 10.1 Å². The molecule has 0 radical (unpaired) electrons. The molecule has 0 spiro atoms. The maximum Gasteiger partial charge on any atom is 0.338 e. The zero-order valence-corrected chi connectivity index (χ0v) is 18.0. The van der Waals surface area contributed by atoms with Gasteiger partial charge >= 0.3 is 5.97 Å². The summed E-state index contributed by atoms with van der Waals surface area (Å²) in [5.74, 6) is -2.54. The van der Waals surface area contributed by atoms with E-state index >= 15 is 0 Å². The number of nitro groups is 1. The van der Waals surface area contributed by atoms with E-state index < -0.39 is 28.8 Å². The van der Waals surface area contributed by atoms with Crippen molar-refractivity contribution >= 4 is 34.9 Å². The van der Waals surface area contributed by atoms with Crippen molar-refractivity contribution in [2.24, 2.45) is 0 Å². The standard InChI is InChI=1S/C25H18N2O7/c1-2-21(22(28)15-7-4-3-5-8-15)34-25(31)16-11-12-19-20(13-16)24(30)26(23(19)29)17-9-6-10-18(14-17)27(32)33/h3-14,21H,2H2,1H3/t21-/m1/s1. The number of anilines is 1. The Labute approximate surface area is 193 Å². The van der Waals surface area contributed by atoms with E-state index in [1.54, 1.807) is 37.3 Å². The first-order valence-electron chi connectivity index (χ1n) is 10.4. The van der Waals surface area contributed by atoms with Crippen LogP contribution in [0.15, 0.2) is 72.8 Å². The Kier molecular flexibility index (Phi) is 6.01. The lowest BCUT2D eigenvalue weighted by Crippen LogP contribution is -2.29. The van der Waals surface area contributed by atoms with Gasteiger partial charge in [-0.1, -0.05) is 43.3 Å². The van der Waals surface area contributed by atoms with Gasteiger partial charge in [0.1, 0.15) is 0 Å². The van der Waals surface area contributed by atoms with Crippen LogP contribution in [0.25, 0.3) is 0 Å². The molecule has 0 bridgehead atoms. The van der Waals surface area contributed by atoms with Gasteiger partial charge in [0.15, 0.2) is 6.10 Å². The molecule has 1 aliphatic rings. The van der Waals surface area contributed by atoms with Crippen LogP contribution in [0.5, 0.6) is 0 Å². The summed E-state index contributed by atoms with van der Waals surface area (Å²) >= 11 is 0. The van der Waals surface area contributed by atoms with Crippen molar-refractivity contribution < 1.29 is 28.8 Å². The van der Waals surface area contributed by atoms with E-state index in [2.05, 4.69) is 0 Å². The second-order valence-corrected chi connectivity index (χ2v) is 7.52. The van der Waals surface area contributed by atoms with Gasteiger partial charge in [-0.05, 0) is 30.7 Å². The molecule has 0 unspecified atom stereocenters.